The molecule has 7 heteroatoms. The molecular formula is C26H33Cl2NO4. The first-order valence-electron chi connectivity index (χ1n) is 11.4. The number of ether oxygens (including phenoxy) is 1. The number of aliphatic carboxylic acids is 1. The third-order valence-corrected chi connectivity index (χ3v) is 7.37. The number of fused-ring (bicyclic) bond motifs is 1. The average molecular weight is 494 g/mol. The van der Waals surface area contributed by atoms with Gasteiger partial charge in [-0.25, -0.2) is 0 Å². The first kappa shape index (κ1) is 25.8. The number of halogens is 2. The van der Waals surface area contributed by atoms with Gasteiger partial charge in [-0.3, -0.25) is 4.79 Å². The summed E-state index contributed by atoms with van der Waals surface area (Å²) < 4.78 is 5.87. The molecule has 0 amide bonds. The minimum atomic E-state index is -0.986. The van der Waals surface area contributed by atoms with Gasteiger partial charge < -0.3 is 20.3 Å². The van der Waals surface area contributed by atoms with E-state index >= 15 is 0 Å². The summed E-state index contributed by atoms with van der Waals surface area (Å²) in [5, 5.41) is 23.7. The zero-order valence-corrected chi connectivity index (χ0v) is 21.1. The molecule has 3 N–H and O–H groups in total. The van der Waals surface area contributed by atoms with Crippen molar-refractivity contribution in [3.05, 3.63) is 63.1 Å². The van der Waals surface area contributed by atoms with E-state index in [-0.39, 0.29) is 15.6 Å². The van der Waals surface area contributed by atoms with Gasteiger partial charge in [0, 0.05) is 12.1 Å². The third kappa shape index (κ3) is 6.42. The minimum absolute atomic E-state index is 0.136. The molecule has 3 rings (SSSR count). The highest BCUT2D eigenvalue weighted by molar-refractivity contribution is 6.43. The van der Waals surface area contributed by atoms with Crippen LogP contribution in [-0.4, -0.2) is 40.5 Å². The second-order valence-electron chi connectivity index (χ2n) is 9.74. The van der Waals surface area contributed by atoms with Crippen LogP contribution in [0.2, 0.25) is 10.0 Å². The zero-order chi connectivity index (χ0) is 24.3. The van der Waals surface area contributed by atoms with Gasteiger partial charge in [0.15, 0.2) is 0 Å². The van der Waals surface area contributed by atoms with E-state index in [9.17, 15) is 15.0 Å². The molecule has 2 aromatic carbocycles. The van der Waals surface area contributed by atoms with E-state index in [1.54, 1.807) is 26.0 Å². The number of aliphatic hydroxyl groups is 1. The van der Waals surface area contributed by atoms with Gasteiger partial charge >= 0.3 is 5.97 Å². The molecule has 0 aliphatic heterocycles. The van der Waals surface area contributed by atoms with E-state index in [1.807, 2.05) is 0 Å². The normalized spacial score (nSPS) is 16.8. The lowest BCUT2D eigenvalue weighted by Crippen LogP contribution is -2.48. The molecule has 2 aromatic rings. The monoisotopic (exact) mass is 493 g/mol. The summed E-state index contributed by atoms with van der Waals surface area (Å²) in [6, 6.07) is 11.8. The zero-order valence-electron chi connectivity index (χ0n) is 19.6. The largest absolute Gasteiger partial charge is 0.486 e. The molecule has 1 aliphatic carbocycles. The lowest BCUT2D eigenvalue weighted by molar-refractivity contribution is -0.138. The SMILES string of the molecule is CC(C(=O)O)c1ccc(O[C@@H](C)[C@H](O)CNC(C)(C)CC2Cc3ccccc3C2)c(Cl)c1Cl. The fourth-order valence-electron chi connectivity index (χ4n) is 4.52. The predicted molar refractivity (Wildman–Crippen MR) is 133 cm³/mol. The fraction of sp³-hybridized carbons (Fsp3) is 0.500. The van der Waals surface area contributed by atoms with Crippen molar-refractivity contribution in [1.29, 1.82) is 0 Å². The van der Waals surface area contributed by atoms with E-state index in [0.717, 1.165) is 19.3 Å². The number of β-amino-alcohol motifs (C(OH)–C–C–N with tert-alkyl or cyclic N) is 1. The molecule has 0 saturated carbocycles. The molecule has 180 valence electrons. The summed E-state index contributed by atoms with van der Waals surface area (Å²) in [5.41, 5.74) is 3.18. The molecular weight excluding hydrogens is 461 g/mol. The Bertz CT molecular complexity index is 969. The Morgan fingerprint density at radius 3 is 2.30 bits per heavy atom. The quantitative estimate of drug-likeness (QED) is 0.408. The standard InChI is InChI=1S/C26H33Cl2NO4/c1-15(25(31)32)20-9-10-22(24(28)23(20)27)33-16(2)21(30)14-29-26(3,4)13-17-11-18-7-5-6-8-19(18)12-17/h5-10,15-17,21,29-30H,11-14H2,1-4H3,(H,31,32)/t15?,16-,21+/m0/s1. The number of rotatable bonds is 10. The molecule has 3 atom stereocenters. The molecule has 0 radical (unpaired) electrons. The maximum absolute atomic E-state index is 11.3. The number of carboxylic acid groups (broad SMARTS) is 1. The van der Waals surface area contributed by atoms with Gasteiger partial charge in [0.1, 0.15) is 23.0 Å². The fourth-order valence-corrected chi connectivity index (χ4v) is 5.06. The highest BCUT2D eigenvalue weighted by Gasteiger charge is 2.29. The molecule has 0 fully saturated rings. The molecule has 5 nitrogen and oxygen atoms in total. The molecule has 33 heavy (non-hydrogen) atoms. The highest BCUT2D eigenvalue weighted by atomic mass is 35.5. The van der Waals surface area contributed by atoms with Crippen molar-refractivity contribution in [1.82, 2.24) is 5.32 Å². The Labute approximate surface area is 206 Å². The predicted octanol–water partition coefficient (Wildman–Crippen LogP) is 5.48. The molecule has 1 aliphatic rings. The van der Waals surface area contributed by atoms with Crippen LogP contribution in [-0.2, 0) is 17.6 Å². The molecule has 0 spiro atoms. The van der Waals surface area contributed by atoms with Gasteiger partial charge in [0.05, 0.1) is 10.9 Å². The summed E-state index contributed by atoms with van der Waals surface area (Å²) in [6.45, 7) is 8.00. The number of hydrogen-bond acceptors (Lipinski definition) is 4. The van der Waals surface area contributed by atoms with Crippen LogP contribution in [0.15, 0.2) is 36.4 Å². The van der Waals surface area contributed by atoms with Gasteiger partial charge in [-0.05, 0) is 75.6 Å². The van der Waals surface area contributed by atoms with Gasteiger partial charge in [-0.2, -0.15) is 0 Å². The summed E-state index contributed by atoms with van der Waals surface area (Å²) in [5.74, 6) is -0.868. The number of carboxylic acids is 1. The first-order chi connectivity index (χ1) is 15.5. The second kappa shape index (κ2) is 10.6. The van der Waals surface area contributed by atoms with Crippen molar-refractivity contribution in [2.45, 2.75) is 70.6 Å². The van der Waals surface area contributed by atoms with Gasteiger partial charge in [-0.1, -0.05) is 53.5 Å². The van der Waals surface area contributed by atoms with E-state index in [4.69, 9.17) is 27.9 Å². The van der Waals surface area contributed by atoms with Crippen molar-refractivity contribution in [3.8, 4) is 5.75 Å². The van der Waals surface area contributed by atoms with E-state index in [2.05, 4.69) is 43.4 Å². The van der Waals surface area contributed by atoms with Gasteiger partial charge in [-0.15, -0.1) is 0 Å². The van der Waals surface area contributed by atoms with E-state index in [1.165, 1.54) is 11.1 Å². The van der Waals surface area contributed by atoms with Crippen LogP contribution in [0.1, 0.15) is 56.7 Å². The maximum Gasteiger partial charge on any atom is 0.310 e. The molecule has 0 heterocycles. The third-order valence-electron chi connectivity index (χ3n) is 6.49. The molecule has 0 bridgehead atoms. The van der Waals surface area contributed by atoms with Gasteiger partial charge in [0.25, 0.3) is 0 Å². The van der Waals surface area contributed by atoms with Crippen LogP contribution in [0.4, 0.5) is 0 Å². The number of carbonyl (C=O) groups is 1. The van der Waals surface area contributed by atoms with E-state index < -0.39 is 24.1 Å². The maximum atomic E-state index is 11.3. The Morgan fingerprint density at radius 2 is 1.73 bits per heavy atom. The van der Waals surface area contributed by atoms with Crippen molar-refractivity contribution < 1.29 is 19.7 Å². The Balaban J connectivity index is 1.53. The summed E-state index contributed by atoms with van der Waals surface area (Å²) >= 11 is 12.6. The number of hydrogen-bond donors (Lipinski definition) is 3. The van der Waals surface area contributed by atoms with Crippen molar-refractivity contribution in [2.24, 2.45) is 5.92 Å². The summed E-state index contributed by atoms with van der Waals surface area (Å²) in [6.07, 6.45) is 1.89. The van der Waals surface area contributed by atoms with Crippen LogP contribution < -0.4 is 10.1 Å². The van der Waals surface area contributed by atoms with Crippen molar-refractivity contribution in [3.63, 3.8) is 0 Å². The lowest BCUT2D eigenvalue weighted by atomic mass is 9.88. The topological polar surface area (TPSA) is 78.8 Å². The number of benzene rings is 2. The van der Waals surface area contributed by atoms with Crippen molar-refractivity contribution in [2.75, 3.05) is 6.54 Å². The first-order valence-corrected chi connectivity index (χ1v) is 12.1. The summed E-state index contributed by atoms with van der Waals surface area (Å²) in [4.78, 5) is 11.3. The number of nitrogens with one attached hydrogen (secondary N) is 1. The second-order valence-corrected chi connectivity index (χ2v) is 10.5. The van der Waals surface area contributed by atoms with Crippen LogP contribution in [0.3, 0.4) is 0 Å². The highest BCUT2D eigenvalue weighted by Crippen LogP contribution is 2.38. The number of aliphatic hydroxyl groups excluding tert-OH is 1. The van der Waals surface area contributed by atoms with Crippen LogP contribution in [0.25, 0.3) is 0 Å². The van der Waals surface area contributed by atoms with Crippen LogP contribution >= 0.6 is 23.2 Å². The molecule has 0 aromatic heterocycles. The summed E-state index contributed by atoms with van der Waals surface area (Å²) in [7, 11) is 0. The lowest BCUT2D eigenvalue weighted by Gasteiger charge is -2.32. The van der Waals surface area contributed by atoms with Crippen LogP contribution in [0, 0.1) is 5.92 Å². The average Bonchev–Trinajstić information content (AvgIpc) is 3.16. The minimum Gasteiger partial charge on any atom is -0.486 e. The Morgan fingerprint density at radius 1 is 1.12 bits per heavy atom. The Hall–Kier alpha value is -1.79. The smallest absolute Gasteiger partial charge is 0.310 e. The Kier molecular flexibility index (Phi) is 8.33. The van der Waals surface area contributed by atoms with Crippen molar-refractivity contribution >= 4 is 29.2 Å². The molecule has 0 saturated heterocycles. The van der Waals surface area contributed by atoms with Gasteiger partial charge in [0.2, 0.25) is 0 Å². The van der Waals surface area contributed by atoms with E-state index in [0.29, 0.717) is 23.8 Å². The van der Waals surface area contributed by atoms with Crippen LogP contribution in [0.5, 0.6) is 5.75 Å². The molecule has 1 unspecified atom stereocenters.